The van der Waals surface area contributed by atoms with Gasteiger partial charge in [-0.15, -0.1) is 0 Å². The molecule has 0 saturated heterocycles. The third kappa shape index (κ3) is 10.00. The van der Waals surface area contributed by atoms with Crippen LogP contribution in [-0.4, -0.2) is 18.8 Å². The van der Waals surface area contributed by atoms with Crippen molar-refractivity contribution in [3.63, 3.8) is 0 Å². The Hall–Kier alpha value is -2.13. The number of nitrogens with zero attached hydrogens (tertiary/aromatic N) is 1. The summed E-state index contributed by atoms with van der Waals surface area (Å²) in [6, 6.07) is 5.16. The summed E-state index contributed by atoms with van der Waals surface area (Å²) in [6.07, 6.45) is 13.5. The smallest absolute Gasteiger partial charge is 0.411 e. The molecule has 26 heavy (non-hydrogen) atoms. The number of hydrogen-bond donors (Lipinski definition) is 1. The molecular formula is C21H32N2O3. The van der Waals surface area contributed by atoms with E-state index in [2.05, 4.69) is 17.2 Å². The molecule has 0 saturated carbocycles. The van der Waals surface area contributed by atoms with Crippen molar-refractivity contribution in [1.29, 1.82) is 0 Å². The van der Waals surface area contributed by atoms with E-state index in [4.69, 9.17) is 4.74 Å². The van der Waals surface area contributed by atoms with Crippen molar-refractivity contribution in [1.82, 2.24) is 0 Å². The summed E-state index contributed by atoms with van der Waals surface area (Å²) in [5, 5.41) is 2.65. The number of aliphatic imine (C=N–C) groups is 1. The molecule has 5 nitrogen and oxygen atoms in total. The maximum atomic E-state index is 11.8. The van der Waals surface area contributed by atoms with Crippen molar-refractivity contribution in [2.45, 2.75) is 78.1 Å². The Balaban J connectivity index is 2.09. The minimum atomic E-state index is -0.481. The average molecular weight is 360 g/mol. The van der Waals surface area contributed by atoms with Crippen LogP contribution in [0.25, 0.3) is 0 Å². The van der Waals surface area contributed by atoms with Gasteiger partial charge in [0.05, 0.1) is 12.3 Å². The van der Waals surface area contributed by atoms with E-state index in [9.17, 15) is 9.59 Å². The molecule has 0 bridgehead atoms. The van der Waals surface area contributed by atoms with Crippen LogP contribution >= 0.6 is 0 Å². The van der Waals surface area contributed by atoms with Gasteiger partial charge in [0.15, 0.2) is 0 Å². The zero-order valence-electron chi connectivity index (χ0n) is 16.2. The van der Waals surface area contributed by atoms with Crippen LogP contribution in [0.1, 0.15) is 76.7 Å². The molecule has 0 fully saturated rings. The van der Waals surface area contributed by atoms with Crippen LogP contribution in [-0.2, 0) is 9.53 Å². The van der Waals surface area contributed by atoms with Crippen LogP contribution in [0.2, 0.25) is 0 Å². The first-order valence-corrected chi connectivity index (χ1v) is 9.79. The molecule has 0 unspecified atom stereocenters. The number of unbranched alkanes of at least 4 members (excludes halogenated alkanes) is 9. The highest BCUT2D eigenvalue weighted by Gasteiger charge is 2.05. The number of rotatable bonds is 13. The fourth-order valence-electron chi connectivity index (χ4n) is 2.77. The van der Waals surface area contributed by atoms with Gasteiger partial charge in [-0.05, 0) is 31.0 Å². The number of isocyanates is 1. The van der Waals surface area contributed by atoms with Gasteiger partial charge in [-0.25, -0.2) is 9.59 Å². The molecule has 0 radical (unpaired) electrons. The Morgan fingerprint density at radius 2 is 1.65 bits per heavy atom. The number of hydrogen-bond acceptors (Lipinski definition) is 4. The van der Waals surface area contributed by atoms with Crippen molar-refractivity contribution in [2.75, 3.05) is 11.9 Å². The lowest BCUT2D eigenvalue weighted by Gasteiger charge is -2.08. The number of anilines is 1. The molecule has 1 aromatic rings. The number of benzene rings is 1. The first-order chi connectivity index (χ1) is 12.7. The fourth-order valence-corrected chi connectivity index (χ4v) is 2.77. The highest BCUT2D eigenvalue weighted by Crippen LogP contribution is 2.22. The summed E-state index contributed by atoms with van der Waals surface area (Å²) >= 11 is 0. The molecule has 1 aromatic carbocycles. The maximum absolute atomic E-state index is 11.8. The largest absolute Gasteiger partial charge is 0.449 e. The summed E-state index contributed by atoms with van der Waals surface area (Å²) in [4.78, 5) is 25.8. The van der Waals surface area contributed by atoms with Gasteiger partial charge >= 0.3 is 6.09 Å². The second-order valence-electron chi connectivity index (χ2n) is 6.65. The van der Waals surface area contributed by atoms with Crippen LogP contribution in [0.4, 0.5) is 16.2 Å². The third-order valence-electron chi connectivity index (χ3n) is 4.35. The van der Waals surface area contributed by atoms with Crippen molar-refractivity contribution < 1.29 is 14.3 Å². The highest BCUT2D eigenvalue weighted by atomic mass is 16.5. The van der Waals surface area contributed by atoms with Gasteiger partial charge in [-0.1, -0.05) is 70.8 Å². The lowest BCUT2D eigenvalue weighted by molar-refractivity contribution is 0.159. The van der Waals surface area contributed by atoms with Crippen molar-refractivity contribution in [3.8, 4) is 0 Å². The number of carbonyl (C=O) groups is 1. The lowest BCUT2D eigenvalue weighted by Crippen LogP contribution is -2.14. The second kappa shape index (κ2) is 14.1. The van der Waals surface area contributed by atoms with Crippen LogP contribution in [0.3, 0.4) is 0 Å². The number of nitrogens with one attached hydrogen (secondary N) is 1. The van der Waals surface area contributed by atoms with Crippen LogP contribution in [0.15, 0.2) is 23.2 Å². The first kappa shape index (κ1) is 21.9. The van der Waals surface area contributed by atoms with Gasteiger partial charge in [0, 0.05) is 5.69 Å². The molecule has 0 aliphatic rings. The standard InChI is InChI=1S/C21H32N2O3/c1-3-4-5-6-7-8-9-10-11-12-15-26-21(25)23-19-14-13-18(2)20(16-19)22-17-24/h13-14,16H,3-12,15H2,1-2H3,(H,23,25). The summed E-state index contributed by atoms with van der Waals surface area (Å²) in [7, 11) is 0. The third-order valence-corrected chi connectivity index (χ3v) is 4.35. The van der Waals surface area contributed by atoms with Gasteiger partial charge in [0.2, 0.25) is 6.08 Å². The molecule has 5 heteroatoms. The molecule has 0 spiro atoms. The van der Waals surface area contributed by atoms with Crippen LogP contribution in [0, 0.1) is 6.92 Å². The quantitative estimate of drug-likeness (QED) is 0.250. The molecule has 144 valence electrons. The topological polar surface area (TPSA) is 67.8 Å². The molecule has 0 atom stereocenters. The van der Waals surface area contributed by atoms with Crippen LogP contribution < -0.4 is 5.32 Å². The van der Waals surface area contributed by atoms with E-state index in [1.807, 2.05) is 6.92 Å². The Morgan fingerprint density at radius 1 is 1.04 bits per heavy atom. The second-order valence-corrected chi connectivity index (χ2v) is 6.65. The van der Waals surface area contributed by atoms with E-state index in [0.29, 0.717) is 18.0 Å². The Labute approximate surface area is 157 Å². The molecule has 0 aromatic heterocycles. The summed E-state index contributed by atoms with van der Waals surface area (Å²) in [5.74, 6) is 0. The van der Waals surface area contributed by atoms with E-state index >= 15 is 0 Å². The van der Waals surface area contributed by atoms with Crippen molar-refractivity contribution >= 4 is 23.5 Å². The van der Waals surface area contributed by atoms with Gasteiger partial charge < -0.3 is 4.74 Å². The Bertz CT molecular complexity index is 581. The zero-order chi connectivity index (χ0) is 19.0. The molecule has 0 aliphatic carbocycles. The summed E-state index contributed by atoms with van der Waals surface area (Å²) < 4.78 is 5.19. The fraction of sp³-hybridized carbons (Fsp3) is 0.619. The van der Waals surface area contributed by atoms with Gasteiger partial charge in [-0.3, -0.25) is 5.32 Å². The normalized spacial score (nSPS) is 10.2. The first-order valence-electron chi connectivity index (χ1n) is 9.79. The average Bonchev–Trinajstić information content (AvgIpc) is 2.62. The predicted molar refractivity (Wildman–Crippen MR) is 106 cm³/mol. The van der Waals surface area contributed by atoms with E-state index in [1.165, 1.54) is 57.4 Å². The number of amides is 1. The van der Waals surface area contributed by atoms with Crippen molar-refractivity contribution in [3.05, 3.63) is 23.8 Å². The highest BCUT2D eigenvalue weighted by molar-refractivity contribution is 5.85. The van der Waals surface area contributed by atoms with Crippen LogP contribution in [0.5, 0.6) is 0 Å². The molecule has 1 rings (SSSR count). The number of carbonyl (C=O) groups excluding carboxylic acids is 2. The van der Waals surface area contributed by atoms with E-state index in [-0.39, 0.29) is 0 Å². The Kier molecular flexibility index (Phi) is 11.9. The SMILES string of the molecule is CCCCCCCCCCCCOC(=O)Nc1ccc(C)c(N=C=O)c1. The minimum absolute atomic E-state index is 0.424. The lowest BCUT2D eigenvalue weighted by atomic mass is 10.1. The molecule has 1 N–H and O–H groups in total. The molecule has 1 amide bonds. The minimum Gasteiger partial charge on any atom is -0.449 e. The van der Waals surface area contributed by atoms with Gasteiger partial charge in [-0.2, -0.15) is 4.99 Å². The number of ether oxygens (including phenoxy) is 1. The predicted octanol–water partition coefficient (Wildman–Crippen LogP) is 6.43. The molecule has 0 heterocycles. The zero-order valence-corrected chi connectivity index (χ0v) is 16.2. The summed E-state index contributed by atoms with van der Waals surface area (Å²) in [5.41, 5.74) is 1.89. The monoisotopic (exact) mass is 360 g/mol. The van der Waals surface area contributed by atoms with E-state index in [1.54, 1.807) is 18.2 Å². The van der Waals surface area contributed by atoms with E-state index < -0.39 is 6.09 Å². The summed E-state index contributed by atoms with van der Waals surface area (Å²) in [6.45, 7) is 4.50. The maximum Gasteiger partial charge on any atom is 0.411 e. The Morgan fingerprint density at radius 3 is 2.27 bits per heavy atom. The number of aryl methyl sites for hydroxylation is 1. The van der Waals surface area contributed by atoms with E-state index in [0.717, 1.165) is 18.4 Å². The van der Waals surface area contributed by atoms with Crippen molar-refractivity contribution in [2.24, 2.45) is 4.99 Å². The molecule has 0 aliphatic heterocycles. The van der Waals surface area contributed by atoms with Gasteiger partial charge in [0.25, 0.3) is 0 Å². The van der Waals surface area contributed by atoms with Gasteiger partial charge in [0.1, 0.15) is 0 Å². The molecular weight excluding hydrogens is 328 g/mol.